The number of carbonyl (C=O) groups is 1. The SMILES string of the molecule is COc1ccc(C(=O)NCC2CCN(c3ncccn3)CC2)cc1. The van der Waals surface area contributed by atoms with Crippen LogP contribution in [-0.4, -0.2) is 42.6 Å². The number of nitrogens with one attached hydrogen (secondary N) is 1. The highest BCUT2D eigenvalue weighted by atomic mass is 16.5. The molecule has 6 heteroatoms. The lowest BCUT2D eigenvalue weighted by Gasteiger charge is -2.31. The summed E-state index contributed by atoms with van der Waals surface area (Å²) in [4.78, 5) is 23.0. The number of amides is 1. The van der Waals surface area contributed by atoms with Gasteiger partial charge in [0.1, 0.15) is 5.75 Å². The highest BCUT2D eigenvalue weighted by Crippen LogP contribution is 2.20. The molecular weight excluding hydrogens is 304 g/mol. The Morgan fingerprint density at radius 3 is 2.50 bits per heavy atom. The average Bonchev–Trinajstić information content (AvgIpc) is 2.67. The molecule has 0 bridgehead atoms. The van der Waals surface area contributed by atoms with Crippen LogP contribution >= 0.6 is 0 Å². The number of aromatic nitrogens is 2. The standard InChI is InChI=1S/C18H22N4O2/c1-24-16-5-3-15(4-6-16)17(23)21-13-14-7-11-22(12-8-14)18-19-9-2-10-20-18/h2-6,9-10,14H,7-8,11-13H2,1H3,(H,21,23). The molecule has 0 spiro atoms. The second kappa shape index (κ2) is 7.77. The van der Waals surface area contributed by atoms with Crippen molar-refractivity contribution in [3.05, 3.63) is 48.3 Å². The van der Waals surface area contributed by atoms with E-state index < -0.39 is 0 Å². The van der Waals surface area contributed by atoms with Crippen LogP contribution in [0.5, 0.6) is 5.75 Å². The fraction of sp³-hybridized carbons (Fsp3) is 0.389. The molecule has 1 aliphatic heterocycles. The lowest BCUT2D eigenvalue weighted by Crippen LogP contribution is -2.39. The van der Waals surface area contributed by atoms with Crippen molar-refractivity contribution in [2.24, 2.45) is 5.92 Å². The summed E-state index contributed by atoms with van der Waals surface area (Å²) in [5.41, 5.74) is 0.658. The summed E-state index contributed by atoms with van der Waals surface area (Å²) < 4.78 is 5.10. The molecule has 24 heavy (non-hydrogen) atoms. The van der Waals surface area contributed by atoms with Crippen LogP contribution in [0.1, 0.15) is 23.2 Å². The van der Waals surface area contributed by atoms with Gasteiger partial charge >= 0.3 is 0 Å². The Kier molecular flexibility index (Phi) is 5.25. The predicted octanol–water partition coefficient (Wildman–Crippen LogP) is 2.13. The van der Waals surface area contributed by atoms with E-state index in [2.05, 4.69) is 20.2 Å². The molecule has 0 radical (unpaired) electrons. The van der Waals surface area contributed by atoms with Gasteiger partial charge in [-0.05, 0) is 49.1 Å². The van der Waals surface area contributed by atoms with E-state index >= 15 is 0 Å². The molecule has 0 saturated carbocycles. The number of rotatable bonds is 5. The number of piperidine rings is 1. The molecule has 1 N–H and O–H groups in total. The number of carbonyl (C=O) groups excluding carboxylic acids is 1. The summed E-state index contributed by atoms with van der Waals surface area (Å²) in [7, 11) is 1.61. The molecule has 2 heterocycles. The van der Waals surface area contributed by atoms with E-state index in [0.717, 1.165) is 37.6 Å². The summed E-state index contributed by atoms with van der Waals surface area (Å²) in [6, 6.07) is 8.98. The minimum atomic E-state index is -0.0357. The van der Waals surface area contributed by atoms with Crippen LogP contribution in [0.25, 0.3) is 0 Å². The van der Waals surface area contributed by atoms with E-state index in [-0.39, 0.29) is 5.91 Å². The smallest absolute Gasteiger partial charge is 0.251 e. The van der Waals surface area contributed by atoms with E-state index in [9.17, 15) is 4.79 Å². The lowest BCUT2D eigenvalue weighted by atomic mass is 9.97. The van der Waals surface area contributed by atoms with Crippen molar-refractivity contribution in [3.63, 3.8) is 0 Å². The summed E-state index contributed by atoms with van der Waals surface area (Å²) in [6.45, 7) is 2.55. The second-order valence-corrected chi connectivity index (χ2v) is 5.92. The number of hydrogen-bond donors (Lipinski definition) is 1. The highest BCUT2D eigenvalue weighted by Gasteiger charge is 2.21. The minimum Gasteiger partial charge on any atom is -0.497 e. The maximum absolute atomic E-state index is 12.2. The van der Waals surface area contributed by atoms with Gasteiger partial charge in [-0.15, -0.1) is 0 Å². The molecule has 0 unspecified atom stereocenters. The van der Waals surface area contributed by atoms with Gasteiger partial charge in [0.25, 0.3) is 5.91 Å². The Bertz CT molecular complexity index is 652. The van der Waals surface area contributed by atoms with Crippen LogP contribution in [0, 0.1) is 5.92 Å². The van der Waals surface area contributed by atoms with Crippen molar-refractivity contribution in [2.75, 3.05) is 31.6 Å². The van der Waals surface area contributed by atoms with Gasteiger partial charge in [0.15, 0.2) is 0 Å². The number of hydrogen-bond acceptors (Lipinski definition) is 5. The molecule has 1 aromatic carbocycles. The molecule has 1 saturated heterocycles. The first-order chi connectivity index (χ1) is 11.8. The van der Waals surface area contributed by atoms with Crippen molar-refractivity contribution >= 4 is 11.9 Å². The van der Waals surface area contributed by atoms with E-state index in [0.29, 0.717) is 18.0 Å². The van der Waals surface area contributed by atoms with Gasteiger partial charge in [-0.3, -0.25) is 4.79 Å². The Morgan fingerprint density at radius 1 is 1.21 bits per heavy atom. The number of nitrogens with zero attached hydrogens (tertiary/aromatic N) is 3. The Balaban J connectivity index is 1.45. The quantitative estimate of drug-likeness (QED) is 0.912. The maximum Gasteiger partial charge on any atom is 0.251 e. The highest BCUT2D eigenvalue weighted by molar-refractivity contribution is 5.94. The molecule has 126 valence electrons. The summed E-state index contributed by atoms with van der Waals surface area (Å²) in [5, 5.41) is 3.03. The summed E-state index contributed by atoms with van der Waals surface area (Å²) >= 11 is 0. The van der Waals surface area contributed by atoms with Gasteiger partial charge in [-0.2, -0.15) is 0 Å². The summed E-state index contributed by atoms with van der Waals surface area (Å²) in [5.74, 6) is 2.00. The molecule has 6 nitrogen and oxygen atoms in total. The molecular formula is C18H22N4O2. The van der Waals surface area contributed by atoms with Crippen LogP contribution < -0.4 is 15.0 Å². The molecule has 0 atom stereocenters. The number of anilines is 1. The average molecular weight is 326 g/mol. The fourth-order valence-electron chi connectivity index (χ4n) is 2.87. The van der Waals surface area contributed by atoms with Crippen LogP contribution in [0.4, 0.5) is 5.95 Å². The van der Waals surface area contributed by atoms with E-state index in [1.54, 1.807) is 43.8 Å². The number of ether oxygens (including phenoxy) is 1. The molecule has 1 amide bonds. The largest absolute Gasteiger partial charge is 0.497 e. The minimum absolute atomic E-state index is 0.0357. The predicted molar refractivity (Wildman–Crippen MR) is 92.3 cm³/mol. The fourth-order valence-corrected chi connectivity index (χ4v) is 2.87. The lowest BCUT2D eigenvalue weighted by molar-refractivity contribution is 0.0945. The van der Waals surface area contributed by atoms with Crippen molar-refractivity contribution in [1.29, 1.82) is 0 Å². The Hall–Kier alpha value is -2.63. The number of methoxy groups -OCH3 is 1. The van der Waals surface area contributed by atoms with Crippen LogP contribution in [0.2, 0.25) is 0 Å². The van der Waals surface area contributed by atoms with Crippen LogP contribution in [-0.2, 0) is 0 Å². The Labute approximate surface area is 141 Å². The molecule has 1 fully saturated rings. The van der Waals surface area contributed by atoms with E-state index in [1.807, 2.05) is 6.07 Å². The molecule has 1 aliphatic rings. The third-order valence-corrected chi connectivity index (χ3v) is 4.35. The van der Waals surface area contributed by atoms with Crippen molar-refractivity contribution in [3.8, 4) is 5.75 Å². The van der Waals surface area contributed by atoms with E-state index in [1.165, 1.54) is 0 Å². The van der Waals surface area contributed by atoms with Crippen molar-refractivity contribution < 1.29 is 9.53 Å². The summed E-state index contributed by atoms with van der Waals surface area (Å²) in [6.07, 6.45) is 5.59. The molecule has 0 aliphatic carbocycles. The van der Waals surface area contributed by atoms with Gasteiger partial charge in [-0.1, -0.05) is 0 Å². The van der Waals surface area contributed by atoms with Crippen molar-refractivity contribution in [1.82, 2.24) is 15.3 Å². The zero-order valence-electron chi connectivity index (χ0n) is 13.8. The maximum atomic E-state index is 12.2. The van der Waals surface area contributed by atoms with Gasteiger partial charge < -0.3 is 15.0 Å². The second-order valence-electron chi connectivity index (χ2n) is 5.92. The first-order valence-corrected chi connectivity index (χ1v) is 8.20. The zero-order chi connectivity index (χ0) is 16.8. The van der Waals surface area contributed by atoms with Crippen molar-refractivity contribution in [2.45, 2.75) is 12.8 Å². The van der Waals surface area contributed by atoms with Gasteiger partial charge in [0, 0.05) is 37.6 Å². The van der Waals surface area contributed by atoms with E-state index in [4.69, 9.17) is 4.74 Å². The van der Waals surface area contributed by atoms with Gasteiger partial charge in [-0.25, -0.2) is 9.97 Å². The zero-order valence-corrected chi connectivity index (χ0v) is 13.8. The van der Waals surface area contributed by atoms with Crippen LogP contribution in [0.15, 0.2) is 42.7 Å². The first-order valence-electron chi connectivity index (χ1n) is 8.20. The first kappa shape index (κ1) is 16.2. The van der Waals surface area contributed by atoms with Gasteiger partial charge in [0.2, 0.25) is 5.95 Å². The topological polar surface area (TPSA) is 67.3 Å². The third-order valence-electron chi connectivity index (χ3n) is 4.35. The number of benzene rings is 1. The van der Waals surface area contributed by atoms with Gasteiger partial charge in [0.05, 0.1) is 7.11 Å². The molecule has 3 rings (SSSR count). The molecule has 2 aromatic rings. The third kappa shape index (κ3) is 4.01. The monoisotopic (exact) mass is 326 g/mol. The normalized spacial score (nSPS) is 15.1. The Morgan fingerprint density at radius 2 is 1.88 bits per heavy atom. The molecule has 1 aromatic heterocycles. The van der Waals surface area contributed by atoms with Crippen LogP contribution in [0.3, 0.4) is 0 Å².